The van der Waals surface area contributed by atoms with Gasteiger partial charge in [-0.2, -0.15) is 0 Å². The highest BCUT2D eigenvalue weighted by molar-refractivity contribution is 6.19. The lowest BCUT2D eigenvalue weighted by molar-refractivity contribution is 0.0695. The summed E-state index contributed by atoms with van der Waals surface area (Å²) >= 11 is 5.31. The van der Waals surface area contributed by atoms with Gasteiger partial charge in [-0.3, -0.25) is 0 Å². The molecule has 0 spiro atoms. The van der Waals surface area contributed by atoms with Gasteiger partial charge in [-0.25, -0.2) is 13.6 Å². The van der Waals surface area contributed by atoms with Crippen molar-refractivity contribution in [2.24, 2.45) is 0 Å². The van der Waals surface area contributed by atoms with Gasteiger partial charge >= 0.3 is 5.97 Å². The second-order valence-corrected chi connectivity index (χ2v) is 3.02. The first kappa shape index (κ1) is 11.7. The molecule has 0 radical (unpaired) electrons. The topological polar surface area (TPSA) is 37.3 Å². The van der Waals surface area contributed by atoms with Crippen LogP contribution >= 0.6 is 11.6 Å². The second-order valence-electron chi connectivity index (χ2n) is 2.72. The van der Waals surface area contributed by atoms with E-state index in [-0.39, 0.29) is 11.4 Å². The molecule has 0 unspecified atom stereocenters. The molecule has 0 saturated heterocycles. The van der Waals surface area contributed by atoms with Crippen LogP contribution < -0.4 is 0 Å². The van der Waals surface area contributed by atoms with Crippen molar-refractivity contribution in [2.45, 2.75) is 0 Å². The Hall–Kier alpha value is -1.42. The molecule has 1 rings (SSSR count). The molecule has 0 saturated carbocycles. The summed E-state index contributed by atoms with van der Waals surface area (Å²) in [6.07, 6.45) is 2.53. The first-order chi connectivity index (χ1) is 7.06. The number of carboxylic acids is 1. The van der Waals surface area contributed by atoms with Crippen molar-refractivity contribution in [3.05, 3.63) is 41.0 Å². The summed E-state index contributed by atoms with van der Waals surface area (Å²) in [6, 6.07) is 1.53. The van der Waals surface area contributed by atoms with Crippen LogP contribution in [0.3, 0.4) is 0 Å². The van der Waals surface area contributed by atoms with E-state index in [1.54, 1.807) is 0 Å². The third-order valence-electron chi connectivity index (χ3n) is 1.70. The van der Waals surface area contributed by atoms with Crippen LogP contribution in [-0.2, 0) is 0 Å². The van der Waals surface area contributed by atoms with Crippen molar-refractivity contribution in [2.75, 3.05) is 5.88 Å². The maximum absolute atomic E-state index is 13.2. The van der Waals surface area contributed by atoms with Crippen LogP contribution in [0.1, 0.15) is 15.9 Å². The molecule has 0 fully saturated rings. The summed E-state index contributed by atoms with van der Waals surface area (Å²) in [4.78, 5) is 10.5. The highest BCUT2D eigenvalue weighted by Crippen LogP contribution is 2.17. The molecule has 1 aromatic carbocycles. The van der Waals surface area contributed by atoms with Crippen LogP contribution in [-0.4, -0.2) is 17.0 Å². The Bertz CT molecular complexity index is 393. The summed E-state index contributed by atoms with van der Waals surface area (Å²) in [5, 5.41) is 8.53. The lowest BCUT2D eigenvalue weighted by Gasteiger charge is -2.01. The Morgan fingerprint density at radius 2 is 1.93 bits per heavy atom. The molecule has 80 valence electrons. The van der Waals surface area contributed by atoms with E-state index in [0.717, 1.165) is 12.1 Å². The largest absolute Gasteiger partial charge is 0.478 e. The summed E-state index contributed by atoms with van der Waals surface area (Å²) in [7, 11) is 0. The number of halogens is 3. The monoisotopic (exact) mass is 232 g/mol. The SMILES string of the molecule is O=C(O)c1cc(F)c(C=CCCl)c(F)c1. The first-order valence-corrected chi connectivity index (χ1v) is 4.54. The fraction of sp³-hybridized carbons (Fsp3) is 0.100. The van der Waals surface area contributed by atoms with Crippen molar-refractivity contribution >= 4 is 23.6 Å². The van der Waals surface area contributed by atoms with Gasteiger partial charge < -0.3 is 5.11 Å². The average molecular weight is 233 g/mol. The quantitative estimate of drug-likeness (QED) is 0.814. The van der Waals surface area contributed by atoms with E-state index >= 15 is 0 Å². The maximum Gasteiger partial charge on any atom is 0.335 e. The van der Waals surface area contributed by atoms with E-state index < -0.39 is 23.2 Å². The third-order valence-corrected chi connectivity index (χ3v) is 1.88. The van der Waals surface area contributed by atoms with Crippen molar-refractivity contribution in [1.82, 2.24) is 0 Å². The zero-order chi connectivity index (χ0) is 11.4. The number of hydrogen-bond donors (Lipinski definition) is 1. The summed E-state index contributed by atoms with van der Waals surface area (Å²) in [5.41, 5.74) is -0.714. The highest BCUT2D eigenvalue weighted by atomic mass is 35.5. The third kappa shape index (κ3) is 2.76. The van der Waals surface area contributed by atoms with E-state index in [1.807, 2.05) is 0 Å². The van der Waals surface area contributed by atoms with E-state index in [1.165, 1.54) is 12.2 Å². The lowest BCUT2D eigenvalue weighted by atomic mass is 10.1. The van der Waals surface area contributed by atoms with Crippen LogP contribution in [0.2, 0.25) is 0 Å². The number of alkyl halides is 1. The predicted molar refractivity (Wildman–Crippen MR) is 53.1 cm³/mol. The number of allylic oxidation sites excluding steroid dienone is 1. The molecule has 2 nitrogen and oxygen atoms in total. The standard InChI is InChI=1S/C10H7ClF2O2/c11-3-1-2-7-8(12)4-6(10(14)15)5-9(7)13/h1-2,4-5H,3H2,(H,14,15). The Morgan fingerprint density at radius 1 is 1.40 bits per heavy atom. The second kappa shape index (κ2) is 4.89. The van der Waals surface area contributed by atoms with Crippen LogP contribution in [0, 0.1) is 11.6 Å². The molecule has 15 heavy (non-hydrogen) atoms. The summed E-state index contributed by atoms with van der Waals surface area (Å²) in [5.74, 6) is -3.09. The number of rotatable bonds is 3. The van der Waals surface area contributed by atoms with E-state index in [9.17, 15) is 13.6 Å². The van der Waals surface area contributed by atoms with Crippen molar-refractivity contribution in [3.63, 3.8) is 0 Å². The fourth-order valence-electron chi connectivity index (χ4n) is 1.03. The van der Waals surface area contributed by atoms with Gasteiger partial charge in [0.25, 0.3) is 0 Å². The molecule has 0 amide bonds. The predicted octanol–water partition coefficient (Wildman–Crippen LogP) is 2.92. The summed E-state index contributed by atoms with van der Waals surface area (Å²) < 4.78 is 26.4. The number of hydrogen-bond acceptors (Lipinski definition) is 1. The molecule has 0 aliphatic heterocycles. The van der Waals surface area contributed by atoms with Gasteiger partial charge in [0.15, 0.2) is 0 Å². The van der Waals surface area contributed by atoms with Crippen LogP contribution in [0.5, 0.6) is 0 Å². The van der Waals surface area contributed by atoms with Gasteiger partial charge in [0.05, 0.1) is 5.56 Å². The van der Waals surface area contributed by atoms with Gasteiger partial charge in [0, 0.05) is 11.4 Å². The molecule has 0 aromatic heterocycles. The Balaban J connectivity index is 3.21. The zero-order valence-corrected chi connectivity index (χ0v) is 8.26. The smallest absolute Gasteiger partial charge is 0.335 e. The average Bonchev–Trinajstić information content (AvgIpc) is 2.16. The minimum Gasteiger partial charge on any atom is -0.478 e. The van der Waals surface area contributed by atoms with Gasteiger partial charge in [-0.05, 0) is 12.1 Å². The number of aromatic carboxylic acids is 1. The Morgan fingerprint density at radius 3 is 2.33 bits per heavy atom. The van der Waals surface area contributed by atoms with E-state index in [2.05, 4.69) is 0 Å². The van der Waals surface area contributed by atoms with Gasteiger partial charge in [0.1, 0.15) is 11.6 Å². The highest BCUT2D eigenvalue weighted by Gasteiger charge is 2.12. The van der Waals surface area contributed by atoms with Gasteiger partial charge in [-0.15, -0.1) is 11.6 Å². The molecule has 1 N–H and O–H groups in total. The number of carboxylic acid groups (broad SMARTS) is 1. The minimum absolute atomic E-state index is 0.125. The van der Waals surface area contributed by atoms with Crippen LogP contribution in [0.15, 0.2) is 18.2 Å². The molecule has 0 aliphatic rings. The lowest BCUT2D eigenvalue weighted by Crippen LogP contribution is -2.00. The molecule has 0 aliphatic carbocycles. The van der Waals surface area contributed by atoms with Crippen molar-refractivity contribution in [1.29, 1.82) is 0 Å². The van der Waals surface area contributed by atoms with Crippen LogP contribution in [0.4, 0.5) is 8.78 Å². The van der Waals surface area contributed by atoms with E-state index in [0.29, 0.717) is 0 Å². The zero-order valence-electron chi connectivity index (χ0n) is 7.51. The van der Waals surface area contributed by atoms with Gasteiger partial charge in [-0.1, -0.05) is 12.2 Å². The molecular weight excluding hydrogens is 226 g/mol. The van der Waals surface area contributed by atoms with Crippen molar-refractivity contribution in [3.8, 4) is 0 Å². The molecule has 0 bridgehead atoms. The molecular formula is C10H7ClF2O2. The van der Waals surface area contributed by atoms with Gasteiger partial charge in [0.2, 0.25) is 0 Å². The molecule has 0 heterocycles. The number of carbonyl (C=O) groups is 1. The molecule has 1 aromatic rings. The van der Waals surface area contributed by atoms with Crippen LogP contribution in [0.25, 0.3) is 6.08 Å². The maximum atomic E-state index is 13.2. The fourth-order valence-corrected chi connectivity index (χ4v) is 1.12. The Labute approximate surface area is 89.8 Å². The minimum atomic E-state index is -1.37. The Kier molecular flexibility index (Phi) is 3.80. The first-order valence-electron chi connectivity index (χ1n) is 4.01. The van der Waals surface area contributed by atoms with E-state index in [4.69, 9.17) is 16.7 Å². The number of benzene rings is 1. The normalized spacial score (nSPS) is 10.9. The van der Waals surface area contributed by atoms with Crippen molar-refractivity contribution < 1.29 is 18.7 Å². The summed E-state index contributed by atoms with van der Waals surface area (Å²) in [6.45, 7) is 0. The molecule has 5 heteroatoms. The molecule has 0 atom stereocenters.